The summed E-state index contributed by atoms with van der Waals surface area (Å²) in [4.78, 5) is 1.97. The molecule has 2 rings (SSSR count). The Labute approximate surface area is 96.2 Å². The summed E-state index contributed by atoms with van der Waals surface area (Å²) in [5.74, 6) is -0.106. The van der Waals surface area contributed by atoms with Gasteiger partial charge in [0.15, 0.2) is 0 Å². The minimum absolute atomic E-state index is 0.0808. The monoisotopic (exact) mass is 222 g/mol. The Bertz CT molecular complexity index is 384. The number of halogens is 1. The van der Waals surface area contributed by atoms with E-state index in [4.69, 9.17) is 5.73 Å². The molecule has 3 heteroatoms. The van der Waals surface area contributed by atoms with Gasteiger partial charge in [-0.1, -0.05) is 12.1 Å². The molecule has 1 aromatic carbocycles. The zero-order valence-electron chi connectivity index (χ0n) is 9.96. The van der Waals surface area contributed by atoms with Crippen LogP contribution in [0.4, 0.5) is 4.39 Å². The van der Waals surface area contributed by atoms with Crippen molar-refractivity contribution >= 4 is 0 Å². The largest absolute Gasteiger partial charge is 0.330 e. The van der Waals surface area contributed by atoms with E-state index >= 15 is 0 Å². The number of hydrogen-bond acceptors (Lipinski definition) is 2. The van der Waals surface area contributed by atoms with Crippen LogP contribution in [0.15, 0.2) is 18.2 Å². The molecule has 1 aliphatic rings. The van der Waals surface area contributed by atoms with Crippen LogP contribution in [0.1, 0.15) is 24.0 Å². The highest BCUT2D eigenvalue weighted by atomic mass is 19.1. The van der Waals surface area contributed by atoms with E-state index in [0.29, 0.717) is 13.1 Å². The lowest BCUT2D eigenvalue weighted by molar-refractivity contribution is 0.392. The Balaban J connectivity index is 2.23. The highest BCUT2D eigenvalue weighted by Crippen LogP contribution is 2.47. The van der Waals surface area contributed by atoms with E-state index in [1.54, 1.807) is 6.07 Å². The van der Waals surface area contributed by atoms with Crippen molar-refractivity contribution in [2.24, 2.45) is 5.73 Å². The zero-order chi connectivity index (χ0) is 11.8. The molecule has 0 amide bonds. The molecule has 1 aliphatic carbocycles. The third kappa shape index (κ3) is 2.11. The summed E-state index contributed by atoms with van der Waals surface area (Å²) in [5, 5.41) is 0. The third-order valence-electron chi connectivity index (χ3n) is 3.40. The average molecular weight is 222 g/mol. The summed E-state index contributed by atoms with van der Waals surface area (Å²) in [7, 11) is 3.88. The van der Waals surface area contributed by atoms with Crippen molar-refractivity contribution in [2.75, 3.05) is 20.6 Å². The van der Waals surface area contributed by atoms with E-state index < -0.39 is 0 Å². The number of nitrogens with zero attached hydrogens (tertiary/aromatic N) is 1. The number of hydrogen-bond donors (Lipinski definition) is 1. The highest BCUT2D eigenvalue weighted by Gasteiger charge is 2.43. The van der Waals surface area contributed by atoms with Crippen molar-refractivity contribution in [1.82, 2.24) is 4.90 Å². The molecule has 1 aromatic rings. The van der Waals surface area contributed by atoms with Gasteiger partial charge in [-0.2, -0.15) is 0 Å². The van der Waals surface area contributed by atoms with Crippen molar-refractivity contribution in [1.29, 1.82) is 0 Å². The zero-order valence-corrected chi connectivity index (χ0v) is 9.96. The standard InChI is InChI=1S/C13H19FN2/c1-16(2)8-10-3-4-11(7-12(10)14)13(9-15)5-6-13/h3-4,7H,5-6,8-9,15H2,1-2H3. The summed E-state index contributed by atoms with van der Waals surface area (Å²) in [6, 6.07) is 5.58. The summed E-state index contributed by atoms with van der Waals surface area (Å²) in [6.45, 7) is 1.27. The van der Waals surface area contributed by atoms with Gasteiger partial charge in [-0.05, 0) is 38.6 Å². The molecule has 0 saturated heterocycles. The lowest BCUT2D eigenvalue weighted by Crippen LogP contribution is -2.20. The molecule has 1 fully saturated rings. The Morgan fingerprint density at radius 1 is 1.38 bits per heavy atom. The van der Waals surface area contributed by atoms with Crippen LogP contribution in [0.3, 0.4) is 0 Å². The lowest BCUT2D eigenvalue weighted by atomic mass is 9.95. The van der Waals surface area contributed by atoms with Crippen molar-refractivity contribution in [2.45, 2.75) is 24.8 Å². The summed E-state index contributed by atoms with van der Waals surface area (Å²) in [6.07, 6.45) is 2.19. The second kappa shape index (κ2) is 4.15. The third-order valence-corrected chi connectivity index (χ3v) is 3.40. The highest BCUT2D eigenvalue weighted by molar-refractivity contribution is 5.35. The molecular weight excluding hydrogens is 203 g/mol. The van der Waals surface area contributed by atoms with Crippen LogP contribution in [0.2, 0.25) is 0 Å². The van der Waals surface area contributed by atoms with Crippen molar-refractivity contribution in [3.05, 3.63) is 35.1 Å². The normalized spacial score (nSPS) is 17.8. The van der Waals surface area contributed by atoms with Crippen molar-refractivity contribution < 1.29 is 4.39 Å². The van der Waals surface area contributed by atoms with Crippen LogP contribution in [0, 0.1) is 5.82 Å². The molecule has 88 valence electrons. The number of rotatable bonds is 4. The van der Waals surface area contributed by atoms with Gasteiger partial charge in [-0.3, -0.25) is 0 Å². The van der Waals surface area contributed by atoms with E-state index in [2.05, 4.69) is 0 Å². The molecular formula is C13H19FN2. The molecule has 0 unspecified atom stereocenters. The van der Waals surface area contributed by atoms with Crippen LogP contribution in [-0.4, -0.2) is 25.5 Å². The first-order valence-electron chi connectivity index (χ1n) is 5.71. The Morgan fingerprint density at radius 3 is 2.50 bits per heavy atom. The van der Waals surface area contributed by atoms with Crippen LogP contribution >= 0.6 is 0 Å². The molecule has 16 heavy (non-hydrogen) atoms. The van der Waals surface area contributed by atoms with Gasteiger partial charge in [-0.25, -0.2) is 4.39 Å². The smallest absolute Gasteiger partial charge is 0.127 e. The molecule has 0 aliphatic heterocycles. The summed E-state index contributed by atoms with van der Waals surface area (Å²) >= 11 is 0. The molecule has 0 radical (unpaired) electrons. The van der Waals surface area contributed by atoms with E-state index in [9.17, 15) is 4.39 Å². The first kappa shape index (κ1) is 11.6. The van der Waals surface area contributed by atoms with Crippen LogP contribution in [0.5, 0.6) is 0 Å². The van der Waals surface area contributed by atoms with Gasteiger partial charge in [0.2, 0.25) is 0 Å². The lowest BCUT2D eigenvalue weighted by Gasteiger charge is -2.15. The fourth-order valence-electron chi connectivity index (χ4n) is 2.11. The van der Waals surface area contributed by atoms with Gasteiger partial charge >= 0.3 is 0 Å². The van der Waals surface area contributed by atoms with Gasteiger partial charge in [-0.15, -0.1) is 0 Å². The van der Waals surface area contributed by atoms with Gasteiger partial charge in [0, 0.05) is 24.1 Å². The van der Waals surface area contributed by atoms with E-state index in [0.717, 1.165) is 24.0 Å². The first-order valence-corrected chi connectivity index (χ1v) is 5.71. The fourth-order valence-corrected chi connectivity index (χ4v) is 2.11. The Morgan fingerprint density at radius 2 is 2.06 bits per heavy atom. The quantitative estimate of drug-likeness (QED) is 0.842. The van der Waals surface area contributed by atoms with Crippen molar-refractivity contribution in [3.63, 3.8) is 0 Å². The molecule has 2 nitrogen and oxygen atoms in total. The Kier molecular flexibility index (Phi) is 3.00. The van der Waals surface area contributed by atoms with Gasteiger partial charge in [0.1, 0.15) is 5.82 Å². The maximum absolute atomic E-state index is 13.8. The maximum atomic E-state index is 13.8. The van der Waals surface area contributed by atoms with Crippen LogP contribution in [0.25, 0.3) is 0 Å². The number of benzene rings is 1. The number of nitrogens with two attached hydrogens (primary N) is 1. The summed E-state index contributed by atoms with van der Waals surface area (Å²) < 4.78 is 13.8. The van der Waals surface area contributed by atoms with Gasteiger partial charge < -0.3 is 10.6 Å². The molecule has 0 bridgehead atoms. The molecule has 2 N–H and O–H groups in total. The van der Waals surface area contributed by atoms with E-state index in [1.165, 1.54) is 0 Å². The minimum Gasteiger partial charge on any atom is -0.330 e. The van der Waals surface area contributed by atoms with Gasteiger partial charge in [0.25, 0.3) is 0 Å². The first-order chi connectivity index (χ1) is 7.57. The predicted molar refractivity (Wildman–Crippen MR) is 63.8 cm³/mol. The van der Waals surface area contributed by atoms with Crippen molar-refractivity contribution in [3.8, 4) is 0 Å². The second-order valence-corrected chi connectivity index (χ2v) is 5.03. The molecule has 0 heterocycles. The molecule has 0 atom stereocenters. The van der Waals surface area contributed by atoms with Crippen LogP contribution < -0.4 is 5.73 Å². The molecule has 0 aromatic heterocycles. The maximum Gasteiger partial charge on any atom is 0.127 e. The van der Waals surface area contributed by atoms with Crippen LogP contribution in [-0.2, 0) is 12.0 Å². The second-order valence-electron chi connectivity index (χ2n) is 5.03. The minimum atomic E-state index is -0.106. The average Bonchev–Trinajstić information content (AvgIpc) is 3.01. The Hall–Kier alpha value is -0.930. The van der Waals surface area contributed by atoms with E-state index in [-0.39, 0.29) is 11.2 Å². The molecule has 1 saturated carbocycles. The SMILES string of the molecule is CN(C)Cc1ccc(C2(CN)CC2)cc1F. The fraction of sp³-hybridized carbons (Fsp3) is 0.538. The topological polar surface area (TPSA) is 29.3 Å². The molecule has 0 spiro atoms. The predicted octanol–water partition coefficient (Wildman–Crippen LogP) is 1.88. The van der Waals surface area contributed by atoms with E-state index in [1.807, 2.05) is 31.1 Å². The van der Waals surface area contributed by atoms with Gasteiger partial charge in [0.05, 0.1) is 0 Å². The summed E-state index contributed by atoms with van der Waals surface area (Å²) in [5.41, 5.74) is 7.64.